The molecular formula is C28H30O7. The molecule has 0 heterocycles. The Morgan fingerprint density at radius 2 is 1.31 bits per heavy atom. The largest absolute Gasteiger partial charge is 0.508 e. The number of aromatic hydroxyl groups is 1. The summed E-state index contributed by atoms with van der Waals surface area (Å²) in [5.41, 5.74) is 2.01. The van der Waals surface area contributed by atoms with E-state index in [1.807, 2.05) is 24.3 Å². The normalized spacial score (nSPS) is 11.5. The van der Waals surface area contributed by atoms with E-state index in [0.717, 1.165) is 11.3 Å². The van der Waals surface area contributed by atoms with Crippen molar-refractivity contribution in [2.24, 2.45) is 0 Å². The summed E-state index contributed by atoms with van der Waals surface area (Å²) in [5.74, 6) is 1.04. The van der Waals surface area contributed by atoms with Gasteiger partial charge in [0.1, 0.15) is 17.2 Å². The van der Waals surface area contributed by atoms with Crippen LogP contribution in [0.15, 0.2) is 72.8 Å². The molecule has 0 aliphatic heterocycles. The molecular weight excluding hydrogens is 448 g/mol. The molecule has 1 N–H and O–H groups in total. The van der Waals surface area contributed by atoms with E-state index in [2.05, 4.69) is 0 Å². The van der Waals surface area contributed by atoms with Crippen molar-refractivity contribution in [1.82, 2.24) is 0 Å². The summed E-state index contributed by atoms with van der Waals surface area (Å²) >= 11 is 0. The van der Waals surface area contributed by atoms with Crippen LogP contribution in [0, 0.1) is 0 Å². The first kappa shape index (κ1) is 25.8. The third-order valence-electron chi connectivity index (χ3n) is 5.25. The van der Waals surface area contributed by atoms with E-state index in [4.69, 9.17) is 18.9 Å². The minimum atomic E-state index is -0.626. The average molecular weight is 479 g/mol. The lowest BCUT2D eigenvalue weighted by Crippen LogP contribution is -2.27. The fourth-order valence-corrected chi connectivity index (χ4v) is 3.35. The van der Waals surface area contributed by atoms with Gasteiger partial charge in [0.25, 0.3) is 0 Å². The summed E-state index contributed by atoms with van der Waals surface area (Å²) in [6.45, 7) is 3.04. The van der Waals surface area contributed by atoms with Gasteiger partial charge in [0.15, 0.2) is 11.9 Å². The maximum Gasteiger partial charge on any atom is 0.335 e. The highest BCUT2D eigenvalue weighted by Gasteiger charge is 2.19. The van der Waals surface area contributed by atoms with E-state index in [1.165, 1.54) is 19.2 Å². The summed E-state index contributed by atoms with van der Waals surface area (Å²) < 4.78 is 21.7. The lowest BCUT2D eigenvalue weighted by Gasteiger charge is -2.14. The number of methoxy groups -OCH3 is 1. The van der Waals surface area contributed by atoms with Crippen molar-refractivity contribution in [3.63, 3.8) is 0 Å². The van der Waals surface area contributed by atoms with Crippen LogP contribution in [-0.4, -0.2) is 49.9 Å². The lowest BCUT2D eigenvalue weighted by atomic mass is 10.0. The number of ketones is 1. The van der Waals surface area contributed by atoms with Gasteiger partial charge in [-0.3, -0.25) is 4.79 Å². The molecule has 0 spiro atoms. The van der Waals surface area contributed by atoms with Gasteiger partial charge in [0.05, 0.1) is 19.8 Å². The maximum absolute atomic E-state index is 12.5. The minimum Gasteiger partial charge on any atom is -0.508 e. The van der Waals surface area contributed by atoms with E-state index < -0.39 is 6.10 Å². The quantitative estimate of drug-likeness (QED) is 0.218. The second-order valence-electron chi connectivity index (χ2n) is 7.78. The van der Waals surface area contributed by atoms with Gasteiger partial charge in [-0.1, -0.05) is 12.1 Å². The first-order valence-corrected chi connectivity index (χ1v) is 11.5. The van der Waals surface area contributed by atoms with Crippen molar-refractivity contribution < 1.29 is 33.6 Å². The molecule has 0 saturated carbocycles. The van der Waals surface area contributed by atoms with Crippen LogP contribution in [0.5, 0.6) is 17.2 Å². The highest BCUT2D eigenvalue weighted by Crippen LogP contribution is 2.18. The molecule has 3 rings (SSSR count). The van der Waals surface area contributed by atoms with Gasteiger partial charge in [-0.05, 0) is 73.2 Å². The smallest absolute Gasteiger partial charge is 0.335 e. The zero-order valence-electron chi connectivity index (χ0n) is 19.9. The number of hydrogen-bond donors (Lipinski definition) is 1. The van der Waals surface area contributed by atoms with Gasteiger partial charge < -0.3 is 24.1 Å². The zero-order chi connectivity index (χ0) is 25.0. The molecule has 184 valence electrons. The molecule has 0 saturated heterocycles. The van der Waals surface area contributed by atoms with Crippen LogP contribution in [-0.2, 0) is 20.7 Å². The lowest BCUT2D eigenvalue weighted by molar-refractivity contribution is -0.154. The number of carbonyl (C=O) groups excluding carboxylic acids is 2. The van der Waals surface area contributed by atoms with Gasteiger partial charge in [0, 0.05) is 31.1 Å². The first-order chi connectivity index (χ1) is 17.0. The van der Waals surface area contributed by atoms with Crippen LogP contribution in [0.3, 0.4) is 0 Å². The molecule has 0 aromatic heterocycles. The maximum atomic E-state index is 12.5. The predicted octanol–water partition coefficient (Wildman–Crippen LogP) is 4.59. The molecule has 0 fully saturated rings. The highest BCUT2D eigenvalue weighted by molar-refractivity contribution is 6.09. The Hall–Kier alpha value is -3.84. The summed E-state index contributed by atoms with van der Waals surface area (Å²) in [7, 11) is 1.49. The number of phenols is 1. The average Bonchev–Trinajstić information content (AvgIpc) is 2.88. The predicted molar refractivity (Wildman–Crippen MR) is 131 cm³/mol. The van der Waals surface area contributed by atoms with Crippen LogP contribution < -0.4 is 9.47 Å². The van der Waals surface area contributed by atoms with Crippen LogP contribution >= 0.6 is 0 Å². The number of carbonyl (C=O) groups is 2. The number of benzene rings is 3. The molecule has 0 aliphatic rings. The Balaban J connectivity index is 1.38. The van der Waals surface area contributed by atoms with Crippen LogP contribution in [0.2, 0.25) is 0 Å². The van der Waals surface area contributed by atoms with Crippen molar-refractivity contribution in [2.45, 2.75) is 25.9 Å². The fraction of sp³-hybridized carbons (Fsp3) is 0.286. The van der Waals surface area contributed by atoms with Crippen molar-refractivity contribution >= 4 is 11.8 Å². The number of phenolic OH excluding ortho intramolecular Hbond substituents is 1. The molecule has 35 heavy (non-hydrogen) atoms. The fourth-order valence-electron chi connectivity index (χ4n) is 3.35. The monoisotopic (exact) mass is 478 g/mol. The van der Waals surface area contributed by atoms with Crippen molar-refractivity contribution in [3.05, 3.63) is 89.5 Å². The Bertz CT molecular complexity index is 1070. The van der Waals surface area contributed by atoms with E-state index in [-0.39, 0.29) is 17.5 Å². The van der Waals surface area contributed by atoms with Crippen LogP contribution in [0.4, 0.5) is 0 Å². The van der Waals surface area contributed by atoms with Gasteiger partial charge >= 0.3 is 5.97 Å². The molecule has 0 unspecified atom stereocenters. The van der Waals surface area contributed by atoms with Crippen molar-refractivity contribution in [1.29, 1.82) is 0 Å². The summed E-state index contributed by atoms with van der Waals surface area (Å²) in [4.78, 5) is 24.3. The number of hydrogen-bond acceptors (Lipinski definition) is 7. The second kappa shape index (κ2) is 13.2. The molecule has 0 aliphatic carbocycles. The van der Waals surface area contributed by atoms with Crippen LogP contribution in [0.25, 0.3) is 0 Å². The van der Waals surface area contributed by atoms with Gasteiger partial charge in [-0.15, -0.1) is 0 Å². The Morgan fingerprint density at radius 1 is 0.800 bits per heavy atom. The molecule has 3 aromatic rings. The standard InChI is InChI=1S/C28H30O7/c1-3-33-28(31)26(32-2)19-20-5-13-24(14-6-20)34-17-4-18-35-25-15-9-22(10-16-25)27(30)21-7-11-23(29)12-8-21/h5-16,26,29H,3-4,17-19H2,1-2H3/t26-/m1/s1. The van der Waals surface area contributed by atoms with E-state index >= 15 is 0 Å². The van der Waals surface area contributed by atoms with Crippen LogP contribution in [0.1, 0.15) is 34.8 Å². The van der Waals surface area contributed by atoms with E-state index in [9.17, 15) is 14.7 Å². The Kier molecular flexibility index (Phi) is 9.69. The van der Waals surface area contributed by atoms with Gasteiger partial charge in [-0.2, -0.15) is 0 Å². The van der Waals surface area contributed by atoms with Gasteiger partial charge in [-0.25, -0.2) is 4.79 Å². The summed E-state index contributed by atoms with van der Waals surface area (Å²) in [6.07, 6.45) is 0.492. The zero-order valence-corrected chi connectivity index (χ0v) is 19.9. The third kappa shape index (κ3) is 7.86. The highest BCUT2D eigenvalue weighted by atomic mass is 16.6. The number of ether oxygens (including phenoxy) is 4. The topological polar surface area (TPSA) is 91.3 Å². The molecule has 7 nitrogen and oxygen atoms in total. The second-order valence-corrected chi connectivity index (χ2v) is 7.78. The van der Waals surface area contributed by atoms with E-state index in [1.54, 1.807) is 43.3 Å². The molecule has 7 heteroatoms. The number of rotatable bonds is 13. The summed E-state index contributed by atoms with van der Waals surface area (Å²) in [5, 5.41) is 9.36. The Labute approximate surface area is 205 Å². The molecule has 0 bridgehead atoms. The van der Waals surface area contributed by atoms with Crippen molar-refractivity contribution in [2.75, 3.05) is 26.9 Å². The molecule has 1 atom stereocenters. The molecule has 0 amide bonds. The molecule has 3 aromatic carbocycles. The van der Waals surface area contributed by atoms with Crippen molar-refractivity contribution in [3.8, 4) is 17.2 Å². The van der Waals surface area contributed by atoms with Gasteiger partial charge in [0.2, 0.25) is 0 Å². The Morgan fingerprint density at radius 3 is 1.83 bits per heavy atom. The first-order valence-electron chi connectivity index (χ1n) is 11.5. The molecule has 0 radical (unpaired) electrons. The summed E-state index contributed by atoms with van der Waals surface area (Å²) in [6, 6.07) is 20.6. The minimum absolute atomic E-state index is 0.116. The van der Waals surface area contributed by atoms with E-state index in [0.29, 0.717) is 49.5 Å². The number of esters is 1. The third-order valence-corrected chi connectivity index (χ3v) is 5.25. The SMILES string of the molecule is CCOC(=O)[C@@H](Cc1ccc(OCCCOc2ccc(C(=O)c3ccc(O)cc3)cc2)cc1)OC.